The molecule has 0 spiro atoms. The normalized spacial score (nSPS) is 17.8. The Morgan fingerprint density at radius 2 is 2.00 bits per heavy atom. The van der Waals surface area contributed by atoms with Crippen molar-refractivity contribution in [3.05, 3.63) is 35.4 Å². The van der Waals surface area contributed by atoms with Crippen LogP contribution in [0.5, 0.6) is 0 Å². The van der Waals surface area contributed by atoms with Gasteiger partial charge in [0.05, 0.1) is 11.8 Å². The molecule has 0 saturated carbocycles. The first kappa shape index (κ1) is 20.9. The van der Waals surface area contributed by atoms with Crippen molar-refractivity contribution in [2.24, 2.45) is 4.99 Å². The molecule has 6 nitrogen and oxygen atoms in total. The Labute approximate surface area is 157 Å². The summed E-state index contributed by atoms with van der Waals surface area (Å²) in [4.78, 5) is 4.04. The van der Waals surface area contributed by atoms with Gasteiger partial charge in [-0.15, -0.1) is 0 Å². The van der Waals surface area contributed by atoms with E-state index in [9.17, 15) is 17.2 Å². The van der Waals surface area contributed by atoms with Crippen LogP contribution in [0.25, 0.3) is 0 Å². The zero-order chi connectivity index (χ0) is 19.2. The molecule has 0 bridgehead atoms. The van der Waals surface area contributed by atoms with Gasteiger partial charge in [-0.2, -0.15) is 11.8 Å². The van der Waals surface area contributed by atoms with E-state index in [2.05, 4.69) is 15.6 Å². The summed E-state index contributed by atoms with van der Waals surface area (Å²) in [6.07, 6.45) is 0. The molecule has 0 aromatic heterocycles. The summed E-state index contributed by atoms with van der Waals surface area (Å²) in [7, 11) is -1.74. The first-order valence-corrected chi connectivity index (χ1v) is 11.1. The Balaban J connectivity index is 1.86. The molecule has 1 heterocycles. The number of nitrogens with one attached hydrogen (secondary N) is 2. The molecule has 1 unspecified atom stereocenters. The van der Waals surface area contributed by atoms with Gasteiger partial charge < -0.3 is 10.6 Å². The van der Waals surface area contributed by atoms with E-state index in [4.69, 9.17) is 0 Å². The van der Waals surface area contributed by atoms with Crippen molar-refractivity contribution in [3.8, 4) is 0 Å². The molecule has 2 N–H and O–H groups in total. The summed E-state index contributed by atoms with van der Waals surface area (Å²) in [6.45, 7) is 3.08. The number of aliphatic imine (C=N–C) groups is 1. The van der Waals surface area contributed by atoms with Crippen molar-refractivity contribution in [2.75, 3.05) is 43.9 Å². The van der Waals surface area contributed by atoms with Crippen LogP contribution >= 0.6 is 11.8 Å². The highest BCUT2D eigenvalue weighted by Gasteiger charge is 2.23. The van der Waals surface area contributed by atoms with Crippen molar-refractivity contribution in [1.82, 2.24) is 14.9 Å². The summed E-state index contributed by atoms with van der Waals surface area (Å²) in [5.41, 5.74) is 0.560. The van der Waals surface area contributed by atoms with Gasteiger partial charge in [-0.3, -0.25) is 4.99 Å². The maximum absolute atomic E-state index is 13.3. The third-order valence-corrected chi connectivity index (χ3v) is 6.85. The quantitative estimate of drug-likeness (QED) is 0.554. The van der Waals surface area contributed by atoms with Gasteiger partial charge in [-0.05, 0) is 24.6 Å². The van der Waals surface area contributed by atoms with E-state index >= 15 is 0 Å². The minimum Gasteiger partial charge on any atom is -0.355 e. The molecular weight excluding hydrogens is 382 g/mol. The van der Waals surface area contributed by atoms with E-state index in [1.54, 1.807) is 25.7 Å². The van der Waals surface area contributed by atoms with Gasteiger partial charge in [0.2, 0.25) is 10.0 Å². The van der Waals surface area contributed by atoms with Crippen molar-refractivity contribution < 1.29 is 17.2 Å². The lowest BCUT2D eigenvalue weighted by Gasteiger charge is -2.26. The summed E-state index contributed by atoms with van der Waals surface area (Å²) in [6, 6.07) is 3.36. The van der Waals surface area contributed by atoms with Crippen LogP contribution in [-0.4, -0.2) is 62.6 Å². The van der Waals surface area contributed by atoms with Gasteiger partial charge in [0, 0.05) is 38.2 Å². The van der Waals surface area contributed by atoms with E-state index < -0.39 is 21.7 Å². The first-order valence-electron chi connectivity index (χ1n) is 8.31. The van der Waals surface area contributed by atoms with Gasteiger partial charge in [-0.25, -0.2) is 21.5 Å². The van der Waals surface area contributed by atoms with Crippen LogP contribution in [-0.2, 0) is 10.0 Å². The topological polar surface area (TPSA) is 73.8 Å². The van der Waals surface area contributed by atoms with Crippen LogP contribution in [0.1, 0.15) is 18.5 Å². The average Bonchev–Trinajstić information content (AvgIpc) is 2.63. The summed E-state index contributed by atoms with van der Waals surface area (Å²) >= 11 is 1.75. The second-order valence-corrected chi connectivity index (χ2v) is 9.18. The van der Waals surface area contributed by atoms with Crippen molar-refractivity contribution >= 4 is 27.7 Å². The van der Waals surface area contributed by atoms with E-state index in [1.807, 2.05) is 0 Å². The smallest absolute Gasteiger partial charge is 0.215 e. The van der Waals surface area contributed by atoms with Crippen molar-refractivity contribution in [2.45, 2.75) is 13.0 Å². The fraction of sp³-hybridized carbons (Fsp3) is 0.562. The van der Waals surface area contributed by atoms with Crippen LogP contribution < -0.4 is 10.6 Å². The summed E-state index contributed by atoms with van der Waals surface area (Å²) in [5, 5.41) is 5.98. The minimum absolute atomic E-state index is 0.0298. The third kappa shape index (κ3) is 5.82. The molecular formula is C16H24F2N4O2S2. The van der Waals surface area contributed by atoms with Gasteiger partial charge in [0.25, 0.3) is 0 Å². The molecule has 0 radical (unpaired) electrons. The lowest BCUT2D eigenvalue weighted by Crippen LogP contribution is -2.44. The maximum atomic E-state index is 13.3. The molecule has 1 aliphatic heterocycles. The number of hydrogen-bond donors (Lipinski definition) is 2. The zero-order valence-corrected chi connectivity index (χ0v) is 16.5. The number of hydrogen-bond acceptors (Lipinski definition) is 4. The Morgan fingerprint density at radius 3 is 2.62 bits per heavy atom. The SMILES string of the molecule is CN=C(NCCS(=O)(=O)N1CCSCC1)NC(C)c1ccc(F)c(F)c1. The Hall–Kier alpha value is -1.39. The fourth-order valence-corrected chi connectivity index (χ4v) is 5.01. The largest absolute Gasteiger partial charge is 0.355 e. The molecule has 0 aliphatic carbocycles. The maximum Gasteiger partial charge on any atom is 0.215 e. The van der Waals surface area contributed by atoms with Gasteiger partial charge in [-0.1, -0.05) is 6.07 Å². The number of thioether (sulfide) groups is 1. The molecule has 0 amide bonds. The standard InChI is InChI=1S/C16H24F2N4O2S2/c1-12(13-3-4-14(17)15(18)11-13)21-16(19-2)20-5-10-26(23,24)22-6-8-25-9-7-22/h3-4,11-12H,5-10H2,1-2H3,(H2,19,20,21). The number of guanidine groups is 1. The molecule has 1 aromatic rings. The highest BCUT2D eigenvalue weighted by atomic mass is 32.2. The molecule has 2 rings (SSSR count). The molecule has 1 aromatic carbocycles. The number of halogens is 2. The van der Waals surface area contributed by atoms with Gasteiger partial charge in [0.15, 0.2) is 17.6 Å². The molecule has 1 aliphatic rings. The predicted octanol–water partition coefficient (Wildman–Crippen LogP) is 1.57. The lowest BCUT2D eigenvalue weighted by molar-refractivity contribution is 0.443. The van der Waals surface area contributed by atoms with Crippen molar-refractivity contribution in [1.29, 1.82) is 0 Å². The Bertz CT molecular complexity index is 738. The number of rotatable bonds is 6. The van der Waals surface area contributed by atoms with E-state index in [0.29, 0.717) is 24.6 Å². The van der Waals surface area contributed by atoms with Crippen molar-refractivity contribution in [3.63, 3.8) is 0 Å². The fourth-order valence-electron chi connectivity index (χ4n) is 2.52. The van der Waals surface area contributed by atoms with Crippen LogP contribution in [0.15, 0.2) is 23.2 Å². The van der Waals surface area contributed by atoms with Crippen LogP contribution in [0.4, 0.5) is 8.78 Å². The molecule has 1 atom stereocenters. The highest BCUT2D eigenvalue weighted by molar-refractivity contribution is 7.99. The molecule has 26 heavy (non-hydrogen) atoms. The molecule has 10 heteroatoms. The summed E-state index contributed by atoms with van der Waals surface area (Å²) < 4.78 is 52.5. The van der Waals surface area contributed by atoms with E-state index in [-0.39, 0.29) is 18.3 Å². The summed E-state index contributed by atoms with van der Waals surface area (Å²) in [5.74, 6) is 0.197. The van der Waals surface area contributed by atoms with Crippen LogP contribution in [0.2, 0.25) is 0 Å². The number of benzene rings is 1. The molecule has 146 valence electrons. The van der Waals surface area contributed by atoms with Gasteiger partial charge in [0.1, 0.15) is 0 Å². The Kier molecular flexibility index (Phi) is 7.66. The molecule has 1 fully saturated rings. The van der Waals surface area contributed by atoms with E-state index in [0.717, 1.165) is 23.6 Å². The molecule has 1 saturated heterocycles. The first-order chi connectivity index (χ1) is 12.3. The van der Waals surface area contributed by atoms with E-state index in [1.165, 1.54) is 10.4 Å². The second kappa shape index (κ2) is 9.52. The van der Waals surface area contributed by atoms with Crippen LogP contribution in [0.3, 0.4) is 0 Å². The van der Waals surface area contributed by atoms with Crippen LogP contribution in [0, 0.1) is 11.6 Å². The minimum atomic E-state index is -3.29. The zero-order valence-electron chi connectivity index (χ0n) is 14.8. The van der Waals surface area contributed by atoms with Gasteiger partial charge >= 0.3 is 0 Å². The average molecular weight is 407 g/mol. The third-order valence-electron chi connectivity index (χ3n) is 4.04. The second-order valence-electron chi connectivity index (χ2n) is 5.87. The number of nitrogens with zero attached hydrogens (tertiary/aromatic N) is 2. The predicted molar refractivity (Wildman–Crippen MR) is 102 cm³/mol. The highest BCUT2D eigenvalue weighted by Crippen LogP contribution is 2.16. The Morgan fingerprint density at radius 1 is 1.31 bits per heavy atom. The monoisotopic (exact) mass is 406 g/mol. The number of sulfonamides is 1. The lowest BCUT2D eigenvalue weighted by atomic mass is 10.1.